The quantitative estimate of drug-likeness (QED) is 0.912. The number of hydrogen-bond acceptors (Lipinski definition) is 3. The summed E-state index contributed by atoms with van der Waals surface area (Å²) in [6.45, 7) is 6.22. The van der Waals surface area contributed by atoms with Gasteiger partial charge < -0.3 is 10.2 Å². The monoisotopic (exact) mass is 271 g/mol. The van der Waals surface area contributed by atoms with E-state index in [-0.39, 0.29) is 11.9 Å². The van der Waals surface area contributed by atoms with Gasteiger partial charge in [-0.1, -0.05) is 12.1 Å². The topological polar surface area (TPSA) is 56.1 Å². The Kier molecular flexibility index (Phi) is 4.75. The van der Waals surface area contributed by atoms with Gasteiger partial charge in [-0.05, 0) is 44.0 Å². The summed E-state index contributed by atoms with van der Waals surface area (Å²) in [7, 11) is 0. The summed E-state index contributed by atoms with van der Waals surface area (Å²) in [5.41, 5.74) is 3.18. The largest absolute Gasteiger partial charge is 0.335 e. The maximum Gasteiger partial charge on any atom is 0.254 e. The second kappa shape index (κ2) is 6.53. The summed E-state index contributed by atoms with van der Waals surface area (Å²) in [4.78, 5) is 14.6. The summed E-state index contributed by atoms with van der Waals surface area (Å²) in [5.74, 6) is 0.0500. The molecule has 0 saturated heterocycles. The van der Waals surface area contributed by atoms with Gasteiger partial charge in [0, 0.05) is 24.7 Å². The van der Waals surface area contributed by atoms with Gasteiger partial charge in [-0.15, -0.1) is 0 Å². The highest BCUT2D eigenvalue weighted by Crippen LogP contribution is 2.21. The van der Waals surface area contributed by atoms with Crippen LogP contribution in [0.1, 0.15) is 41.8 Å². The molecule has 1 heterocycles. The Morgan fingerprint density at radius 3 is 3.00 bits per heavy atom. The van der Waals surface area contributed by atoms with E-state index in [9.17, 15) is 4.79 Å². The predicted octanol–water partition coefficient (Wildman–Crippen LogP) is 2.10. The van der Waals surface area contributed by atoms with Crippen molar-refractivity contribution in [1.29, 1.82) is 5.26 Å². The molecule has 2 rings (SSSR count). The van der Waals surface area contributed by atoms with E-state index in [0.29, 0.717) is 13.0 Å². The third-order valence-electron chi connectivity index (χ3n) is 3.72. The van der Waals surface area contributed by atoms with Crippen molar-refractivity contribution in [2.75, 3.05) is 13.1 Å². The molecule has 106 valence electrons. The summed E-state index contributed by atoms with van der Waals surface area (Å²) >= 11 is 0. The lowest BCUT2D eigenvalue weighted by molar-refractivity contribution is 0.0709. The van der Waals surface area contributed by atoms with Gasteiger partial charge in [0.1, 0.15) is 0 Å². The van der Waals surface area contributed by atoms with E-state index in [1.807, 2.05) is 26.0 Å². The van der Waals surface area contributed by atoms with E-state index in [1.165, 1.54) is 11.1 Å². The average molecular weight is 271 g/mol. The van der Waals surface area contributed by atoms with Crippen LogP contribution in [0.5, 0.6) is 0 Å². The van der Waals surface area contributed by atoms with Crippen LogP contribution >= 0.6 is 0 Å². The molecule has 1 aliphatic rings. The first-order valence-corrected chi connectivity index (χ1v) is 7.14. The van der Waals surface area contributed by atoms with Crippen LogP contribution in [0.4, 0.5) is 0 Å². The third kappa shape index (κ3) is 3.00. The van der Waals surface area contributed by atoms with E-state index in [0.717, 1.165) is 25.1 Å². The fourth-order valence-corrected chi connectivity index (χ4v) is 2.65. The fraction of sp³-hybridized carbons (Fsp3) is 0.500. The zero-order chi connectivity index (χ0) is 14.5. The maximum atomic E-state index is 12.8. The zero-order valence-corrected chi connectivity index (χ0v) is 12.1. The van der Waals surface area contributed by atoms with Crippen LogP contribution in [0.2, 0.25) is 0 Å². The van der Waals surface area contributed by atoms with Crippen LogP contribution in [0.3, 0.4) is 0 Å². The van der Waals surface area contributed by atoms with Gasteiger partial charge in [-0.3, -0.25) is 4.79 Å². The summed E-state index contributed by atoms with van der Waals surface area (Å²) in [6, 6.07) is 8.16. The summed E-state index contributed by atoms with van der Waals surface area (Å²) < 4.78 is 0. The number of rotatable bonds is 4. The van der Waals surface area contributed by atoms with Crippen molar-refractivity contribution < 1.29 is 4.79 Å². The highest BCUT2D eigenvalue weighted by atomic mass is 16.2. The molecule has 0 atom stereocenters. The van der Waals surface area contributed by atoms with Crippen molar-refractivity contribution in [3.63, 3.8) is 0 Å². The smallest absolute Gasteiger partial charge is 0.254 e. The molecule has 0 saturated carbocycles. The number of hydrogen-bond donors (Lipinski definition) is 1. The van der Waals surface area contributed by atoms with E-state index >= 15 is 0 Å². The third-order valence-corrected chi connectivity index (χ3v) is 3.72. The van der Waals surface area contributed by atoms with E-state index in [2.05, 4.69) is 17.5 Å². The molecule has 4 heteroatoms. The number of nitriles is 1. The maximum absolute atomic E-state index is 12.8. The molecule has 20 heavy (non-hydrogen) atoms. The Morgan fingerprint density at radius 2 is 2.30 bits per heavy atom. The minimum absolute atomic E-state index is 0.0500. The number of benzene rings is 1. The fourth-order valence-electron chi connectivity index (χ4n) is 2.65. The molecule has 1 aromatic rings. The number of amides is 1. The van der Waals surface area contributed by atoms with Gasteiger partial charge in [0.05, 0.1) is 12.5 Å². The van der Waals surface area contributed by atoms with Crippen molar-refractivity contribution in [3.8, 4) is 6.07 Å². The van der Waals surface area contributed by atoms with Gasteiger partial charge in [-0.25, -0.2) is 0 Å². The molecule has 0 aromatic heterocycles. The molecular formula is C16H21N3O. The van der Waals surface area contributed by atoms with Crippen LogP contribution in [0.25, 0.3) is 0 Å². The number of nitrogens with zero attached hydrogens (tertiary/aromatic N) is 2. The Labute approximate surface area is 120 Å². The van der Waals surface area contributed by atoms with Crippen LogP contribution < -0.4 is 5.32 Å². The molecule has 0 bridgehead atoms. The lowest BCUT2D eigenvalue weighted by atomic mass is 9.94. The first-order chi connectivity index (χ1) is 9.65. The lowest BCUT2D eigenvalue weighted by Gasteiger charge is -2.28. The molecule has 4 nitrogen and oxygen atoms in total. The van der Waals surface area contributed by atoms with Crippen LogP contribution in [-0.2, 0) is 13.0 Å². The number of fused-ring (bicyclic) bond motifs is 1. The second-order valence-corrected chi connectivity index (χ2v) is 5.37. The van der Waals surface area contributed by atoms with Crippen molar-refractivity contribution in [1.82, 2.24) is 10.2 Å². The molecule has 0 unspecified atom stereocenters. The number of carbonyl (C=O) groups is 1. The van der Waals surface area contributed by atoms with Crippen molar-refractivity contribution in [2.45, 2.75) is 39.3 Å². The molecule has 1 aromatic carbocycles. The summed E-state index contributed by atoms with van der Waals surface area (Å²) in [5, 5.41) is 12.1. The van der Waals surface area contributed by atoms with Crippen LogP contribution in [0, 0.1) is 11.3 Å². The molecule has 1 aliphatic heterocycles. The van der Waals surface area contributed by atoms with E-state index in [1.54, 1.807) is 4.90 Å². The van der Waals surface area contributed by atoms with Gasteiger partial charge in [0.2, 0.25) is 0 Å². The van der Waals surface area contributed by atoms with Crippen molar-refractivity contribution >= 4 is 5.91 Å². The molecule has 0 radical (unpaired) electrons. The second-order valence-electron chi connectivity index (χ2n) is 5.37. The lowest BCUT2D eigenvalue weighted by Crippen LogP contribution is -2.39. The minimum Gasteiger partial charge on any atom is -0.335 e. The highest BCUT2D eigenvalue weighted by molar-refractivity contribution is 5.96. The molecule has 1 N–H and O–H groups in total. The van der Waals surface area contributed by atoms with Crippen molar-refractivity contribution in [3.05, 3.63) is 34.9 Å². The standard InChI is InChI=1S/C16H21N3O/c1-12(2)19(10-4-8-17)16(20)15-6-3-5-13-11-18-9-7-14(13)15/h3,5-6,12,18H,4,7,9-11H2,1-2H3. The zero-order valence-electron chi connectivity index (χ0n) is 12.1. The Hall–Kier alpha value is -1.86. The predicted molar refractivity (Wildman–Crippen MR) is 78.3 cm³/mol. The van der Waals surface area contributed by atoms with Crippen LogP contribution in [-0.4, -0.2) is 29.9 Å². The number of nitrogens with one attached hydrogen (secondary N) is 1. The minimum atomic E-state index is 0.0500. The molecule has 1 amide bonds. The van der Waals surface area contributed by atoms with E-state index < -0.39 is 0 Å². The Bertz CT molecular complexity index is 531. The van der Waals surface area contributed by atoms with Crippen LogP contribution in [0.15, 0.2) is 18.2 Å². The van der Waals surface area contributed by atoms with E-state index in [4.69, 9.17) is 5.26 Å². The first kappa shape index (κ1) is 14.5. The van der Waals surface area contributed by atoms with Gasteiger partial charge in [0.15, 0.2) is 0 Å². The van der Waals surface area contributed by atoms with Crippen molar-refractivity contribution in [2.24, 2.45) is 0 Å². The summed E-state index contributed by atoms with van der Waals surface area (Å²) in [6.07, 6.45) is 1.27. The molecule has 0 aliphatic carbocycles. The number of carbonyl (C=O) groups excluding carboxylic acids is 1. The van der Waals surface area contributed by atoms with Gasteiger partial charge in [0.25, 0.3) is 5.91 Å². The Morgan fingerprint density at radius 1 is 1.50 bits per heavy atom. The molecular weight excluding hydrogens is 250 g/mol. The highest BCUT2D eigenvalue weighted by Gasteiger charge is 2.23. The van der Waals surface area contributed by atoms with Gasteiger partial charge >= 0.3 is 0 Å². The molecule has 0 spiro atoms. The Balaban J connectivity index is 2.30. The average Bonchev–Trinajstić information content (AvgIpc) is 2.46. The molecule has 0 fully saturated rings. The first-order valence-electron chi connectivity index (χ1n) is 7.14. The SMILES string of the molecule is CC(C)N(CCC#N)C(=O)c1cccc2c1CCNC2. The van der Waals surface area contributed by atoms with Gasteiger partial charge in [-0.2, -0.15) is 5.26 Å². The normalized spacial score (nSPS) is 13.7.